The van der Waals surface area contributed by atoms with Crippen LogP contribution in [0.3, 0.4) is 0 Å². The van der Waals surface area contributed by atoms with Crippen molar-refractivity contribution in [1.82, 2.24) is 9.21 Å². The molecule has 1 aliphatic heterocycles. The number of sulfonamides is 1. The molecule has 1 aromatic rings. The Morgan fingerprint density at radius 2 is 1.63 bits per heavy atom. The molecule has 1 N–H and O–H groups in total. The molecule has 1 fully saturated rings. The van der Waals surface area contributed by atoms with Crippen LogP contribution < -0.4 is 5.32 Å². The van der Waals surface area contributed by atoms with Crippen LogP contribution in [0.2, 0.25) is 0 Å². The molecule has 0 saturated carbocycles. The molecule has 2 unspecified atom stereocenters. The summed E-state index contributed by atoms with van der Waals surface area (Å²) < 4.78 is 26.3. The van der Waals surface area contributed by atoms with Crippen LogP contribution >= 0.6 is 0 Å². The number of hydrogen-bond acceptors (Lipinski definition) is 5. The Hall–Kier alpha value is -2.52. The third-order valence-electron chi connectivity index (χ3n) is 5.70. The molecule has 0 bridgehead atoms. The molecule has 1 aliphatic carbocycles. The van der Waals surface area contributed by atoms with Gasteiger partial charge in [-0.05, 0) is 51.0 Å². The van der Waals surface area contributed by atoms with E-state index in [0.717, 1.165) is 0 Å². The number of benzene rings is 1. The van der Waals surface area contributed by atoms with E-state index in [1.165, 1.54) is 40.5 Å². The van der Waals surface area contributed by atoms with E-state index in [1.54, 1.807) is 13.8 Å². The Kier molecular flexibility index (Phi) is 6.42. The van der Waals surface area contributed by atoms with Crippen LogP contribution in [-0.4, -0.2) is 55.0 Å². The molecule has 1 saturated heterocycles. The standard InChI is InChI=1S/C21H27N3O5S/c1-14(2)23(3)30(28,29)16-10-8-15(9-11-16)22-19(25)12-13-24-20(26)17-6-4-5-7-18(17)21(24)27/h4-5,8-11,14,17-18H,6-7,12-13H2,1-3H3,(H,22,25). The van der Waals surface area contributed by atoms with Crippen LogP contribution in [0, 0.1) is 11.8 Å². The van der Waals surface area contributed by atoms with E-state index in [1.807, 2.05) is 12.2 Å². The number of carbonyl (C=O) groups excluding carboxylic acids is 3. The minimum atomic E-state index is -3.59. The summed E-state index contributed by atoms with van der Waals surface area (Å²) >= 11 is 0. The Labute approximate surface area is 177 Å². The number of rotatable bonds is 7. The normalized spacial score (nSPS) is 21.4. The van der Waals surface area contributed by atoms with Crippen LogP contribution in [0.5, 0.6) is 0 Å². The summed E-state index contributed by atoms with van der Waals surface area (Å²) in [6, 6.07) is 5.74. The highest BCUT2D eigenvalue weighted by molar-refractivity contribution is 7.89. The predicted molar refractivity (Wildman–Crippen MR) is 112 cm³/mol. The lowest BCUT2D eigenvalue weighted by Crippen LogP contribution is -2.34. The number of carbonyl (C=O) groups is 3. The molecule has 1 aromatic carbocycles. The highest BCUT2D eigenvalue weighted by Crippen LogP contribution is 2.35. The van der Waals surface area contributed by atoms with Crippen molar-refractivity contribution < 1.29 is 22.8 Å². The minimum Gasteiger partial charge on any atom is -0.326 e. The molecule has 0 spiro atoms. The van der Waals surface area contributed by atoms with E-state index in [4.69, 9.17) is 0 Å². The Morgan fingerprint density at radius 1 is 1.10 bits per heavy atom. The first kappa shape index (κ1) is 22.2. The van der Waals surface area contributed by atoms with Crippen LogP contribution in [0.15, 0.2) is 41.3 Å². The van der Waals surface area contributed by atoms with Crippen LogP contribution in [-0.2, 0) is 24.4 Å². The van der Waals surface area contributed by atoms with Crippen molar-refractivity contribution in [2.24, 2.45) is 11.8 Å². The van der Waals surface area contributed by atoms with Crippen LogP contribution in [0.1, 0.15) is 33.1 Å². The lowest BCUT2D eigenvalue weighted by Gasteiger charge is -2.21. The maximum absolute atomic E-state index is 12.5. The molecule has 2 aliphatic rings. The summed E-state index contributed by atoms with van der Waals surface area (Å²) in [6.45, 7) is 3.61. The van der Waals surface area contributed by atoms with E-state index in [2.05, 4.69) is 5.32 Å². The zero-order valence-corrected chi connectivity index (χ0v) is 18.2. The molecule has 0 radical (unpaired) electrons. The molecule has 0 aromatic heterocycles. The van der Waals surface area contributed by atoms with Gasteiger partial charge in [-0.15, -0.1) is 0 Å². The van der Waals surface area contributed by atoms with Gasteiger partial charge in [-0.25, -0.2) is 8.42 Å². The van der Waals surface area contributed by atoms with Gasteiger partial charge < -0.3 is 5.32 Å². The second-order valence-corrected chi connectivity index (χ2v) is 9.92. The molecular formula is C21H27N3O5S. The van der Waals surface area contributed by atoms with Crippen LogP contribution in [0.4, 0.5) is 5.69 Å². The maximum atomic E-state index is 12.5. The van der Waals surface area contributed by atoms with E-state index >= 15 is 0 Å². The zero-order chi connectivity index (χ0) is 22.1. The van der Waals surface area contributed by atoms with Crippen molar-refractivity contribution in [3.8, 4) is 0 Å². The van der Waals surface area contributed by atoms with Crippen molar-refractivity contribution >= 4 is 33.4 Å². The number of imide groups is 1. The predicted octanol–water partition coefficient (Wildman–Crippen LogP) is 2.00. The summed E-state index contributed by atoms with van der Waals surface area (Å²) in [7, 11) is -2.08. The first-order valence-corrected chi connectivity index (χ1v) is 11.4. The average molecular weight is 434 g/mol. The van der Waals surface area contributed by atoms with E-state index in [-0.39, 0.29) is 53.5 Å². The average Bonchev–Trinajstić information content (AvgIpc) is 2.96. The molecule has 9 heteroatoms. The van der Waals surface area contributed by atoms with Crippen LogP contribution in [0.25, 0.3) is 0 Å². The van der Waals surface area contributed by atoms with Gasteiger partial charge in [-0.3, -0.25) is 19.3 Å². The first-order valence-electron chi connectivity index (χ1n) is 10.0. The molecule has 3 amide bonds. The van der Waals surface area contributed by atoms with Crippen molar-refractivity contribution in [3.63, 3.8) is 0 Å². The van der Waals surface area contributed by atoms with Gasteiger partial charge in [0.05, 0.1) is 16.7 Å². The number of likely N-dealkylation sites (tertiary alicyclic amines) is 1. The quantitative estimate of drug-likeness (QED) is 0.523. The molecule has 8 nitrogen and oxygen atoms in total. The lowest BCUT2D eigenvalue weighted by molar-refractivity contribution is -0.140. The Bertz CT molecular complexity index is 943. The van der Waals surface area contributed by atoms with Gasteiger partial charge in [0.1, 0.15) is 0 Å². The fourth-order valence-electron chi connectivity index (χ4n) is 3.68. The smallest absolute Gasteiger partial charge is 0.243 e. The monoisotopic (exact) mass is 433 g/mol. The highest BCUT2D eigenvalue weighted by atomic mass is 32.2. The number of anilines is 1. The van der Waals surface area contributed by atoms with Gasteiger partial charge in [-0.2, -0.15) is 4.31 Å². The number of amides is 3. The van der Waals surface area contributed by atoms with Gasteiger partial charge in [-0.1, -0.05) is 12.2 Å². The SMILES string of the molecule is CC(C)N(C)S(=O)(=O)c1ccc(NC(=O)CCN2C(=O)C3CC=CCC3C2=O)cc1. The third kappa shape index (κ3) is 4.32. The van der Waals surface area contributed by atoms with Crippen molar-refractivity contribution in [1.29, 1.82) is 0 Å². The summed E-state index contributed by atoms with van der Waals surface area (Å²) in [6.07, 6.45) is 4.97. The number of nitrogens with one attached hydrogen (secondary N) is 1. The van der Waals surface area contributed by atoms with E-state index < -0.39 is 10.0 Å². The summed E-state index contributed by atoms with van der Waals surface area (Å²) in [5.74, 6) is -1.36. The first-order chi connectivity index (χ1) is 14.1. The summed E-state index contributed by atoms with van der Waals surface area (Å²) in [5.41, 5.74) is 0.447. The summed E-state index contributed by atoms with van der Waals surface area (Å²) in [4.78, 5) is 38.5. The Morgan fingerprint density at radius 3 is 2.13 bits per heavy atom. The second kappa shape index (κ2) is 8.69. The van der Waals surface area contributed by atoms with Gasteiger partial charge >= 0.3 is 0 Å². The van der Waals surface area contributed by atoms with E-state index in [9.17, 15) is 22.8 Å². The van der Waals surface area contributed by atoms with Crippen molar-refractivity contribution in [2.75, 3.05) is 18.9 Å². The van der Waals surface area contributed by atoms with Crippen molar-refractivity contribution in [3.05, 3.63) is 36.4 Å². The van der Waals surface area contributed by atoms with Gasteiger partial charge in [0, 0.05) is 31.7 Å². The number of allylic oxidation sites excluding steroid dienone is 2. The number of hydrogen-bond donors (Lipinski definition) is 1. The molecule has 3 rings (SSSR count). The molecule has 30 heavy (non-hydrogen) atoms. The molecular weight excluding hydrogens is 406 g/mol. The minimum absolute atomic E-state index is 0.0134. The number of fused-ring (bicyclic) bond motifs is 1. The Balaban J connectivity index is 1.57. The van der Waals surface area contributed by atoms with Gasteiger partial charge in [0.15, 0.2) is 0 Å². The number of nitrogens with zero attached hydrogens (tertiary/aromatic N) is 2. The maximum Gasteiger partial charge on any atom is 0.243 e. The molecule has 1 heterocycles. The van der Waals surface area contributed by atoms with Gasteiger partial charge in [0.25, 0.3) is 0 Å². The highest BCUT2D eigenvalue weighted by Gasteiger charge is 2.46. The summed E-state index contributed by atoms with van der Waals surface area (Å²) in [5, 5.41) is 2.68. The van der Waals surface area contributed by atoms with Gasteiger partial charge in [0.2, 0.25) is 27.7 Å². The third-order valence-corrected chi connectivity index (χ3v) is 7.75. The zero-order valence-electron chi connectivity index (χ0n) is 17.4. The second-order valence-electron chi connectivity index (χ2n) is 7.92. The van der Waals surface area contributed by atoms with Crippen molar-refractivity contribution in [2.45, 2.75) is 44.0 Å². The fourth-order valence-corrected chi connectivity index (χ4v) is 5.05. The largest absolute Gasteiger partial charge is 0.326 e. The molecule has 2 atom stereocenters. The fraction of sp³-hybridized carbons (Fsp3) is 0.476. The lowest BCUT2D eigenvalue weighted by atomic mass is 9.85. The van der Waals surface area contributed by atoms with E-state index in [0.29, 0.717) is 18.5 Å². The topological polar surface area (TPSA) is 104 Å². The molecule has 162 valence electrons.